The summed E-state index contributed by atoms with van der Waals surface area (Å²) in [6, 6.07) is 27.0. The molecule has 1 aliphatic rings. The summed E-state index contributed by atoms with van der Waals surface area (Å²) >= 11 is 0. The van der Waals surface area contributed by atoms with Crippen molar-refractivity contribution in [1.29, 1.82) is 0 Å². The van der Waals surface area contributed by atoms with Gasteiger partial charge >= 0.3 is 12.3 Å². The van der Waals surface area contributed by atoms with Crippen molar-refractivity contribution in [3.63, 3.8) is 0 Å². The van der Waals surface area contributed by atoms with Crippen molar-refractivity contribution in [1.82, 2.24) is 0 Å². The Morgan fingerprint density at radius 1 is 0.581 bits per heavy atom. The molecular weight excluding hydrogens is 544 g/mol. The first kappa shape index (κ1) is 29.5. The summed E-state index contributed by atoms with van der Waals surface area (Å²) in [6.07, 6.45) is -1.68. The van der Waals surface area contributed by atoms with E-state index in [9.17, 15) is 9.59 Å². The molecule has 1 aliphatic carbocycles. The van der Waals surface area contributed by atoms with Gasteiger partial charge in [0, 0.05) is 0 Å². The molecule has 8 heteroatoms. The lowest BCUT2D eigenvalue weighted by Crippen LogP contribution is -2.29. The number of anilines is 2. The van der Waals surface area contributed by atoms with Gasteiger partial charge in [0.15, 0.2) is 11.5 Å². The molecule has 4 aromatic carbocycles. The van der Waals surface area contributed by atoms with Gasteiger partial charge in [0.05, 0.1) is 16.8 Å². The molecule has 0 fully saturated rings. The van der Waals surface area contributed by atoms with Crippen LogP contribution in [0.4, 0.5) is 21.0 Å². The maximum absolute atomic E-state index is 12.4. The van der Waals surface area contributed by atoms with Crippen LogP contribution in [0.2, 0.25) is 0 Å². The Kier molecular flexibility index (Phi) is 7.34. The highest BCUT2D eigenvalue weighted by atomic mass is 16.7. The second-order valence-corrected chi connectivity index (χ2v) is 12.5. The van der Waals surface area contributed by atoms with E-state index in [2.05, 4.69) is 24.3 Å². The largest absolute Gasteiger partial charge is 0.514 e. The Morgan fingerprint density at radius 3 is 1.30 bits per heavy atom. The first-order valence-electron chi connectivity index (χ1n) is 14.0. The van der Waals surface area contributed by atoms with E-state index in [0.29, 0.717) is 0 Å². The van der Waals surface area contributed by atoms with Crippen LogP contribution in [0, 0.1) is 0 Å². The fourth-order valence-corrected chi connectivity index (χ4v) is 5.49. The van der Waals surface area contributed by atoms with Gasteiger partial charge in [-0.1, -0.05) is 60.7 Å². The van der Waals surface area contributed by atoms with Crippen molar-refractivity contribution in [2.24, 2.45) is 0 Å². The average Bonchev–Trinajstić information content (AvgIpc) is 3.20. The van der Waals surface area contributed by atoms with Crippen molar-refractivity contribution in [2.75, 3.05) is 11.5 Å². The van der Waals surface area contributed by atoms with Gasteiger partial charge < -0.3 is 30.4 Å². The molecular formula is C35H36N2O6. The molecule has 0 unspecified atom stereocenters. The molecule has 0 aromatic heterocycles. The standard InChI is InChI=1S/C35H36N2O6/c1-33(2,3)42-31(38)40-29-17-15-21(19-27(29)36)35(25-13-9-7-11-23(25)24-12-8-10-14-26(24)35)22-16-18-30(28(37)20-22)41-32(39)43-34(4,5)6/h7-20H,36-37H2,1-6H3. The van der Waals surface area contributed by atoms with Gasteiger partial charge in [-0.15, -0.1) is 0 Å². The molecule has 0 saturated heterocycles. The number of hydrogen-bond acceptors (Lipinski definition) is 8. The summed E-state index contributed by atoms with van der Waals surface area (Å²) in [5, 5.41) is 0. The quantitative estimate of drug-likeness (QED) is 0.125. The molecule has 4 aromatic rings. The van der Waals surface area contributed by atoms with Gasteiger partial charge in [0.2, 0.25) is 0 Å². The molecule has 0 radical (unpaired) electrons. The number of ether oxygens (including phenoxy) is 4. The number of fused-ring (bicyclic) bond motifs is 3. The second-order valence-electron chi connectivity index (χ2n) is 12.5. The maximum atomic E-state index is 12.4. The van der Waals surface area contributed by atoms with Gasteiger partial charge in [-0.2, -0.15) is 0 Å². The number of nitrogens with two attached hydrogens (primary N) is 2. The van der Waals surface area contributed by atoms with E-state index in [0.717, 1.165) is 33.4 Å². The smallest absolute Gasteiger partial charge is 0.428 e. The molecule has 0 heterocycles. The highest BCUT2D eigenvalue weighted by molar-refractivity contribution is 5.87. The van der Waals surface area contributed by atoms with Crippen molar-refractivity contribution < 1.29 is 28.5 Å². The summed E-state index contributed by atoms with van der Waals surface area (Å²) in [5.41, 5.74) is 17.1. The zero-order chi connectivity index (χ0) is 31.2. The zero-order valence-corrected chi connectivity index (χ0v) is 25.2. The first-order valence-corrected chi connectivity index (χ1v) is 14.0. The lowest BCUT2D eigenvalue weighted by molar-refractivity contribution is 0.0194. The van der Waals surface area contributed by atoms with Crippen molar-refractivity contribution in [3.8, 4) is 22.6 Å². The summed E-state index contributed by atoms with van der Waals surface area (Å²) in [6.45, 7) is 10.6. The number of hydrogen-bond donors (Lipinski definition) is 2. The predicted molar refractivity (Wildman–Crippen MR) is 166 cm³/mol. The molecule has 5 rings (SSSR count). The molecule has 0 bridgehead atoms. The van der Waals surface area contributed by atoms with Gasteiger partial charge in [-0.05, 0) is 99.2 Å². The molecule has 43 heavy (non-hydrogen) atoms. The van der Waals surface area contributed by atoms with Gasteiger partial charge in [-0.25, -0.2) is 9.59 Å². The van der Waals surface area contributed by atoms with Crippen molar-refractivity contribution >= 4 is 23.7 Å². The Balaban J connectivity index is 1.65. The van der Waals surface area contributed by atoms with Crippen molar-refractivity contribution in [2.45, 2.75) is 58.2 Å². The van der Waals surface area contributed by atoms with Gasteiger partial charge in [-0.3, -0.25) is 0 Å². The monoisotopic (exact) mass is 580 g/mol. The molecule has 222 valence electrons. The Labute approximate surface area is 251 Å². The first-order chi connectivity index (χ1) is 20.2. The van der Waals surface area contributed by atoms with Crippen LogP contribution in [-0.4, -0.2) is 23.5 Å². The summed E-state index contributed by atoms with van der Waals surface area (Å²) < 4.78 is 21.5. The molecule has 0 aliphatic heterocycles. The molecule has 0 amide bonds. The number of nitrogen functional groups attached to an aromatic ring is 2. The van der Waals surface area contributed by atoms with Crippen molar-refractivity contribution in [3.05, 3.63) is 107 Å². The third-order valence-corrected chi connectivity index (χ3v) is 7.00. The van der Waals surface area contributed by atoms with Crippen LogP contribution in [0.25, 0.3) is 11.1 Å². The topological polar surface area (TPSA) is 123 Å². The lowest BCUT2D eigenvalue weighted by Gasteiger charge is -2.34. The van der Waals surface area contributed by atoms with E-state index in [1.54, 1.807) is 65.8 Å². The van der Waals surface area contributed by atoms with E-state index < -0.39 is 28.9 Å². The van der Waals surface area contributed by atoms with Gasteiger partial charge in [0.25, 0.3) is 0 Å². The summed E-state index contributed by atoms with van der Waals surface area (Å²) in [5.74, 6) is 0.377. The van der Waals surface area contributed by atoms with Crippen LogP contribution < -0.4 is 20.9 Å². The molecule has 8 nitrogen and oxygen atoms in total. The van der Waals surface area contributed by atoms with Crippen LogP contribution in [0.1, 0.15) is 63.8 Å². The molecule has 0 saturated carbocycles. The molecule has 0 spiro atoms. The SMILES string of the molecule is CC(C)(C)OC(=O)Oc1ccc(C2(c3ccc(OC(=O)OC(C)(C)C)c(N)c3)c3ccccc3-c3ccccc32)cc1N. The third kappa shape index (κ3) is 5.73. The van der Waals surface area contributed by atoms with E-state index in [1.165, 1.54) is 0 Å². The second kappa shape index (κ2) is 10.7. The minimum Gasteiger partial charge on any atom is -0.428 e. The van der Waals surface area contributed by atoms with Gasteiger partial charge in [0.1, 0.15) is 11.2 Å². The highest BCUT2D eigenvalue weighted by Gasteiger charge is 2.46. The van der Waals surface area contributed by atoms with Crippen LogP contribution in [0.3, 0.4) is 0 Å². The minimum absolute atomic E-state index is 0.188. The Morgan fingerprint density at radius 2 is 0.953 bits per heavy atom. The summed E-state index contributed by atoms with van der Waals surface area (Å²) in [7, 11) is 0. The van der Waals surface area contributed by atoms with E-state index in [1.807, 2.05) is 36.4 Å². The zero-order valence-electron chi connectivity index (χ0n) is 25.2. The Bertz CT molecular complexity index is 1590. The van der Waals surface area contributed by atoms with Crippen LogP contribution in [0.5, 0.6) is 11.5 Å². The molecule has 0 atom stereocenters. The fourth-order valence-electron chi connectivity index (χ4n) is 5.49. The number of carbonyl (C=O) groups excluding carboxylic acids is 2. The predicted octanol–water partition coefficient (Wildman–Crippen LogP) is 7.84. The van der Waals surface area contributed by atoms with E-state index in [-0.39, 0.29) is 22.9 Å². The van der Waals surface area contributed by atoms with Crippen LogP contribution >= 0.6 is 0 Å². The van der Waals surface area contributed by atoms with E-state index in [4.69, 9.17) is 30.4 Å². The van der Waals surface area contributed by atoms with E-state index >= 15 is 0 Å². The van der Waals surface area contributed by atoms with Crippen LogP contribution in [0.15, 0.2) is 84.9 Å². The maximum Gasteiger partial charge on any atom is 0.514 e. The summed E-state index contributed by atoms with van der Waals surface area (Å²) in [4.78, 5) is 24.8. The Hall–Kier alpha value is -4.98. The minimum atomic E-state index is -0.843. The number of carbonyl (C=O) groups is 2. The number of benzene rings is 4. The van der Waals surface area contributed by atoms with Crippen LogP contribution in [-0.2, 0) is 14.9 Å². The fraction of sp³-hybridized carbons (Fsp3) is 0.257. The lowest BCUT2D eigenvalue weighted by atomic mass is 9.67. The highest BCUT2D eigenvalue weighted by Crippen LogP contribution is 2.57. The third-order valence-electron chi connectivity index (χ3n) is 7.00. The average molecular weight is 581 g/mol. The molecule has 4 N–H and O–H groups in total. The number of rotatable bonds is 4. The normalized spacial score (nSPS) is 13.4.